The highest BCUT2D eigenvalue weighted by molar-refractivity contribution is 9.10. The molecule has 0 aliphatic carbocycles. The Balaban J connectivity index is 2.19. The first-order valence-electron chi connectivity index (χ1n) is 4.83. The highest BCUT2D eigenvalue weighted by atomic mass is 79.9. The van der Waals surface area contributed by atoms with Gasteiger partial charge in [0.2, 0.25) is 0 Å². The number of nitrogens with zero attached hydrogens (tertiary/aromatic N) is 2. The van der Waals surface area contributed by atoms with Crippen molar-refractivity contribution < 1.29 is 4.92 Å². The molecule has 0 amide bonds. The average molecular weight is 297 g/mol. The van der Waals surface area contributed by atoms with Crippen molar-refractivity contribution in [3.05, 3.63) is 51.0 Å². The zero-order valence-electron chi connectivity index (χ0n) is 8.68. The number of nitrogens with one attached hydrogen (secondary N) is 2. The number of nitro groups is 1. The molecule has 17 heavy (non-hydrogen) atoms. The number of hydrogen-bond acceptors (Lipinski definition) is 4. The molecule has 2 aromatic rings. The number of anilines is 1. The highest BCUT2D eigenvalue weighted by Gasteiger charge is 2.13. The fraction of sp³-hybridized carbons (Fsp3) is 0.100. The van der Waals surface area contributed by atoms with Gasteiger partial charge in [-0.25, -0.2) is 4.98 Å². The standard InChI is InChI=1S/C10H9BrN4O2/c11-7-1-2-9(15(16)17)8(5-7)14-6-10-12-3-4-13-10/h1-5,14H,6H2,(H,12,13). The van der Waals surface area contributed by atoms with Gasteiger partial charge in [-0.2, -0.15) is 0 Å². The van der Waals surface area contributed by atoms with Gasteiger partial charge in [0, 0.05) is 22.9 Å². The Morgan fingerprint density at radius 2 is 2.35 bits per heavy atom. The molecule has 0 aliphatic heterocycles. The van der Waals surface area contributed by atoms with Gasteiger partial charge < -0.3 is 10.3 Å². The van der Waals surface area contributed by atoms with Crippen molar-refractivity contribution in [1.82, 2.24) is 9.97 Å². The third kappa shape index (κ3) is 2.82. The number of rotatable bonds is 4. The fourth-order valence-electron chi connectivity index (χ4n) is 1.38. The van der Waals surface area contributed by atoms with E-state index in [-0.39, 0.29) is 5.69 Å². The molecular weight excluding hydrogens is 288 g/mol. The maximum atomic E-state index is 10.8. The van der Waals surface area contributed by atoms with Gasteiger partial charge in [0.05, 0.1) is 11.5 Å². The van der Waals surface area contributed by atoms with E-state index in [9.17, 15) is 10.1 Å². The lowest BCUT2D eigenvalue weighted by Gasteiger charge is -2.05. The van der Waals surface area contributed by atoms with Crippen LogP contribution in [-0.2, 0) is 6.54 Å². The summed E-state index contributed by atoms with van der Waals surface area (Å²) in [4.78, 5) is 17.3. The van der Waals surface area contributed by atoms with Crippen LogP contribution in [0.5, 0.6) is 0 Å². The number of halogens is 1. The molecule has 0 spiro atoms. The summed E-state index contributed by atoms with van der Waals surface area (Å²) >= 11 is 3.28. The lowest BCUT2D eigenvalue weighted by atomic mass is 10.2. The molecule has 0 saturated heterocycles. The molecular formula is C10H9BrN4O2. The van der Waals surface area contributed by atoms with Crippen molar-refractivity contribution in [1.29, 1.82) is 0 Å². The lowest BCUT2D eigenvalue weighted by Crippen LogP contribution is -2.03. The van der Waals surface area contributed by atoms with Gasteiger partial charge in [0.25, 0.3) is 5.69 Å². The highest BCUT2D eigenvalue weighted by Crippen LogP contribution is 2.27. The van der Waals surface area contributed by atoms with Gasteiger partial charge in [0.1, 0.15) is 11.5 Å². The molecule has 2 rings (SSSR count). The first-order valence-corrected chi connectivity index (χ1v) is 5.62. The second-order valence-corrected chi connectivity index (χ2v) is 4.22. The largest absolute Gasteiger partial charge is 0.372 e. The number of nitro benzene ring substituents is 1. The predicted octanol–water partition coefficient (Wildman–Crippen LogP) is 2.69. The first kappa shape index (κ1) is 11.6. The summed E-state index contributed by atoms with van der Waals surface area (Å²) in [5.74, 6) is 0.722. The maximum absolute atomic E-state index is 10.8. The number of aromatic amines is 1. The molecule has 1 aromatic heterocycles. The van der Waals surface area contributed by atoms with Crippen molar-refractivity contribution >= 4 is 27.3 Å². The van der Waals surface area contributed by atoms with Crippen LogP contribution in [0, 0.1) is 10.1 Å². The molecule has 0 fully saturated rings. The van der Waals surface area contributed by atoms with Gasteiger partial charge in [0.15, 0.2) is 0 Å². The van der Waals surface area contributed by atoms with Crippen LogP contribution in [0.1, 0.15) is 5.82 Å². The van der Waals surface area contributed by atoms with Crippen molar-refractivity contribution in [2.24, 2.45) is 0 Å². The Morgan fingerprint density at radius 3 is 3.00 bits per heavy atom. The second-order valence-electron chi connectivity index (χ2n) is 3.31. The lowest BCUT2D eigenvalue weighted by molar-refractivity contribution is -0.384. The van der Waals surface area contributed by atoms with Gasteiger partial charge in [-0.05, 0) is 12.1 Å². The Kier molecular flexibility index (Phi) is 3.38. The normalized spacial score (nSPS) is 10.2. The topological polar surface area (TPSA) is 83.8 Å². The molecule has 0 radical (unpaired) electrons. The molecule has 0 saturated carbocycles. The molecule has 1 aromatic carbocycles. The van der Waals surface area contributed by atoms with E-state index in [2.05, 4.69) is 31.2 Å². The van der Waals surface area contributed by atoms with E-state index in [0.29, 0.717) is 12.2 Å². The van der Waals surface area contributed by atoms with Gasteiger partial charge in [-0.1, -0.05) is 15.9 Å². The molecule has 2 N–H and O–H groups in total. The molecule has 0 atom stereocenters. The van der Waals surface area contributed by atoms with Gasteiger partial charge >= 0.3 is 0 Å². The summed E-state index contributed by atoms with van der Waals surface area (Å²) in [7, 11) is 0. The number of H-pyrrole nitrogens is 1. The van der Waals surface area contributed by atoms with E-state index in [1.807, 2.05) is 0 Å². The smallest absolute Gasteiger partial charge is 0.292 e. The Hall–Kier alpha value is -1.89. The average Bonchev–Trinajstić information content (AvgIpc) is 2.78. The van der Waals surface area contributed by atoms with E-state index in [0.717, 1.165) is 10.3 Å². The zero-order chi connectivity index (χ0) is 12.3. The number of imidazole rings is 1. The number of benzene rings is 1. The summed E-state index contributed by atoms with van der Waals surface area (Å²) in [6.45, 7) is 0.407. The summed E-state index contributed by atoms with van der Waals surface area (Å²) in [5.41, 5.74) is 0.500. The fourth-order valence-corrected chi connectivity index (χ4v) is 1.74. The third-order valence-corrected chi connectivity index (χ3v) is 2.65. The maximum Gasteiger partial charge on any atom is 0.292 e. The minimum Gasteiger partial charge on any atom is -0.372 e. The summed E-state index contributed by atoms with van der Waals surface area (Å²) in [6.07, 6.45) is 3.33. The summed E-state index contributed by atoms with van der Waals surface area (Å²) in [5, 5.41) is 13.8. The monoisotopic (exact) mass is 296 g/mol. The van der Waals surface area contributed by atoms with Crippen LogP contribution in [0.4, 0.5) is 11.4 Å². The van der Waals surface area contributed by atoms with Crippen molar-refractivity contribution in [2.45, 2.75) is 6.54 Å². The van der Waals surface area contributed by atoms with Gasteiger partial charge in [-0.15, -0.1) is 0 Å². The van der Waals surface area contributed by atoms with E-state index >= 15 is 0 Å². The second kappa shape index (κ2) is 4.96. The third-order valence-electron chi connectivity index (χ3n) is 2.16. The summed E-state index contributed by atoms with van der Waals surface area (Å²) in [6, 6.07) is 4.76. The Morgan fingerprint density at radius 1 is 1.53 bits per heavy atom. The summed E-state index contributed by atoms with van der Waals surface area (Å²) < 4.78 is 0.782. The minimum absolute atomic E-state index is 0.0414. The Labute approximate surface area is 105 Å². The quantitative estimate of drug-likeness (QED) is 0.671. The van der Waals surface area contributed by atoms with Crippen LogP contribution >= 0.6 is 15.9 Å². The van der Waals surface area contributed by atoms with Crippen LogP contribution < -0.4 is 5.32 Å². The number of hydrogen-bond donors (Lipinski definition) is 2. The van der Waals surface area contributed by atoms with Crippen molar-refractivity contribution in [3.63, 3.8) is 0 Å². The molecule has 0 aliphatic rings. The van der Waals surface area contributed by atoms with Crippen LogP contribution in [0.2, 0.25) is 0 Å². The minimum atomic E-state index is -0.420. The zero-order valence-corrected chi connectivity index (χ0v) is 10.3. The van der Waals surface area contributed by atoms with E-state index < -0.39 is 4.92 Å². The molecule has 88 valence electrons. The van der Waals surface area contributed by atoms with Crippen molar-refractivity contribution in [3.8, 4) is 0 Å². The van der Waals surface area contributed by atoms with E-state index in [1.165, 1.54) is 6.07 Å². The molecule has 7 heteroatoms. The van der Waals surface area contributed by atoms with Crippen molar-refractivity contribution in [2.75, 3.05) is 5.32 Å². The van der Waals surface area contributed by atoms with Crippen LogP contribution in [0.15, 0.2) is 35.1 Å². The molecule has 6 nitrogen and oxygen atoms in total. The molecule has 0 bridgehead atoms. The molecule has 0 unspecified atom stereocenters. The predicted molar refractivity (Wildman–Crippen MR) is 66.7 cm³/mol. The molecule has 1 heterocycles. The van der Waals surface area contributed by atoms with Gasteiger partial charge in [-0.3, -0.25) is 10.1 Å². The number of aromatic nitrogens is 2. The van der Waals surface area contributed by atoms with Crippen LogP contribution in [-0.4, -0.2) is 14.9 Å². The van der Waals surface area contributed by atoms with E-state index in [4.69, 9.17) is 0 Å². The first-order chi connectivity index (χ1) is 8.16. The van der Waals surface area contributed by atoms with Crippen LogP contribution in [0.25, 0.3) is 0 Å². The van der Waals surface area contributed by atoms with Crippen LogP contribution in [0.3, 0.4) is 0 Å². The SMILES string of the molecule is O=[N+]([O-])c1ccc(Br)cc1NCc1ncc[nH]1. The Bertz CT molecular complexity index is 527. The van der Waals surface area contributed by atoms with E-state index in [1.54, 1.807) is 24.5 Å².